The SMILES string of the molecule is C=C(S/C=C\C)C1=NCC(C(/C=C\CC(C)F)=NC)=C2CC(CC(=O)CC)CN12.CCCC.Cc1cccc(Cl)c1. The molecule has 0 N–H and O–H groups in total. The highest BCUT2D eigenvalue weighted by Crippen LogP contribution is 2.37. The van der Waals surface area contributed by atoms with Crippen LogP contribution in [0.3, 0.4) is 0 Å². The van der Waals surface area contributed by atoms with Crippen LogP contribution in [-0.2, 0) is 4.79 Å². The van der Waals surface area contributed by atoms with Gasteiger partial charge in [-0.1, -0.05) is 87.8 Å². The molecule has 2 aliphatic rings. The van der Waals surface area contributed by atoms with Crippen LogP contribution >= 0.6 is 23.4 Å². The summed E-state index contributed by atoms with van der Waals surface area (Å²) in [5, 5.41) is 2.81. The second-order valence-electron chi connectivity index (χ2n) is 10.2. The Morgan fingerprint density at radius 3 is 2.54 bits per heavy atom. The minimum absolute atomic E-state index is 0.267. The number of nitrogens with zero attached hydrogens (tertiary/aromatic N) is 3. The van der Waals surface area contributed by atoms with E-state index < -0.39 is 6.17 Å². The zero-order valence-electron chi connectivity index (χ0n) is 26.1. The van der Waals surface area contributed by atoms with E-state index in [1.807, 2.05) is 68.7 Å². The standard InChI is InChI=1S/C23H32FN3OS.C7H7Cl.C4H10/c1-6-11-29-17(4)23-26-14-20(21(25-5)10-8-9-16(3)24)22-13-18(15-27(22)23)12-19(28)7-2;1-6-3-2-4-7(8)5-6;1-3-4-2/h6,8,10-11,16,18H,4,7,9,12-15H2,1-3,5H3;2-5H,1H3;3-4H2,1-2H3/b10-8-,11-6-,25-21?;;. The molecule has 2 atom stereocenters. The Labute approximate surface area is 257 Å². The number of aliphatic imine (C=N–C) groups is 2. The van der Waals surface area contributed by atoms with Crippen molar-refractivity contribution in [2.45, 2.75) is 86.2 Å². The maximum atomic E-state index is 13.2. The summed E-state index contributed by atoms with van der Waals surface area (Å²) in [6.45, 7) is 17.3. The molecule has 2 unspecified atom stereocenters. The van der Waals surface area contributed by atoms with Gasteiger partial charge in [0.1, 0.15) is 17.8 Å². The largest absolute Gasteiger partial charge is 0.329 e. The molecule has 1 aromatic carbocycles. The fourth-order valence-electron chi connectivity index (χ4n) is 4.20. The van der Waals surface area contributed by atoms with Crippen molar-refractivity contribution in [1.82, 2.24) is 4.90 Å². The van der Waals surface area contributed by atoms with E-state index in [-0.39, 0.29) is 5.92 Å². The summed E-state index contributed by atoms with van der Waals surface area (Å²) >= 11 is 7.21. The summed E-state index contributed by atoms with van der Waals surface area (Å²) in [5.74, 6) is 1.44. The minimum Gasteiger partial charge on any atom is -0.329 e. The Morgan fingerprint density at radius 2 is 2.02 bits per heavy atom. The predicted molar refractivity (Wildman–Crippen MR) is 180 cm³/mol. The van der Waals surface area contributed by atoms with E-state index in [1.165, 1.54) is 24.1 Å². The third-order valence-corrected chi connectivity index (χ3v) is 7.62. The number of allylic oxidation sites excluding steroid dienone is 4. The normalized spacial score (nSPS) is 17.5. The van der Waals surface area contributed by atoms with E-state index in [0.29, 0.717) is 31.6 Å². The van der Waals surface area contributed by atoms with Crippen molar-refractivity contribution < 1.29 is 9.18 Å². The highest BCUT2D eigenvalue weighted by molar-refractivity contribution is 8.06. The van der Waals surface area contributed by atoms with Gasteiger partial charge in [0.15, 0.2) is 0 Å². The number of halogens is 2. The fourth-order valence-corrected chi connectivity index (χ4v) is 5.03. The second kappa shape index (κ2) is 20.4. The first kappa shape index (κ1) is 36.6. The molecule has 0 aromatic heterocycles. The molecule has 0 saturated carbocycles. The number of ketones is 1. The summed E-state index contributed by atoms with van der Waals surface area (Å²) in [7, 11) is 1.75. The van der Waals surface area contributed by atoms with Crippen molar-refractivity contribution in [2.24, 2.45) is 15.9 Å². The third-order valence-electron chi connectivity index (χ3n) is 6.51. The van der Waals surface area contributed by atoms with Crippen LogP contribution in [0.15, 0.2) is 80.6 Å². The Hall–Kier alpha value is -2.44. The third kappa shape index (κ3) is 13.4. The molecule has 0 bridgehead atoms. The highest BCUT2D eigenvalue weighted by atomic mass is 35.5. The molecule has 1 fully saturated rings. The first-order valence-corrected chi connectivity index (χ1v) is 15.9. The molecular weight excluding hydrogens is 553 g/mol. The van der Waals surface area contributed by atoms with Gasteiger partial charge < -0.3 is 4.90 Å². The molecule has 0 aliphatic carbocycles. The van der Waals surface area contributed by atoms with E-state index in [2.05, 4.69) is 30.3 Å². The van der Waals surface area contributed by atoms with Crippen LogP contribution in [0.2, 0.25) is 5.02 Å². The lowest BCUT2D eigenvalue weighted by atomic mass is 9.97. The molecule has 226 valence electrons. The summed E-state index contributed by atoms with van der Waals surface area (Å²) in [6, 6.07) is 7.76. The van der Waals surface area contributed by atoms with Gasteiger partial charge in [0, 0.05) is 47.6 Å². The van der Waals surface area contributed by atoms with E-state index in [1.54, 1.807) is 25.7 Å². The Morgan fingerprint density at radius 1 is 1.32 bits per heavy atom. The number of carbonyl (C=O) groups is 1. The number of fused-ring (bicyclic) bond motifs is 1. The number of alkyl halides is 1. The van der Waals surface area contributed by atoms with Crippen LogP contribution in [-0.4, -0.2) is 48.5 Å². The van der Waals surface area contributed by atoms with Gasteiger partial charge in [-0.05, 0) is 68.7 Å². The van der Waals surface area contributed by atoms with Gasteiger partial charge in [-0.25, -0.2) is 4.39 Å². The highest BCUT2D eigenvalue weighted by Gasteiger charge is 2.36. The summed E-state index contributed by atoms with van der Waals surface area (Å²) < 4.78 is 13.2. The Kier molecular flexibility index (Phi) is 18.2. The molecule has 2 aliphatic heterocycles. The predicted octanol–water partition coefficient (Wildman–Crippen LogP) is 9.95. The van der Waals surface area contributed by atoms with Crippen LogP contribution in [0.4, 0.5) is 4.39 Å². The molecule has 2 heterocycles. The van der Waals surface area contributed by atoms with Crippen molar-refractivity contribution in [3.8, 4) is 0 Å². The fraction of sp³-hybridized carbons (Fsp3) is 0.500. The van der Waals surface area contributed by atoms with Crippen LogP contribution < -0.4 is 0 Å². The van der Waals surface area contributed by atoms with Crippen LogP contribution in [0, 0.1) is 12.8 Å². The van der Waals surface area contributed by atoms with Gasteiger partial charge in [0.2, 0.25) is 0 Å². The summed E-state index contributed by atoms with van der Waals surface area (Å²) in [4.78, 5) is 24.4. The monoisotopic (exact) mass is 601 g/mol. The smallest absolute Gasteiger partial charge is 0.141 e. The number of thioether (sulfide) groups is 1. The average Bonchev–Trinajstić information content (AvgIpc) is 3.37. The number of hydrogen-bond acceptors (Lipinski definition) is 5. The van der Waals surface area contributed by atoms with Crippen LogP contribution in [0.25, 0.3) is 0 Å². The lowest BCUT2D eigenvalue weighted by Gasteiger charge is -2.29. The van der Waals surface area contributed by atoms with Gasteiger partial charge in [0.05, 0.1) is 12.3 Å². The number of aryl methyl sites for hydroxylation is 1. The Balaban J connectivity index is 0.000000579. The van der Waals surface area contributed by atoms with E-state index in [0.717, 1.165) is 40.0 Å². The van der Waals surface area contributed by atoms with E-state index >= 15 is 0 Å². The molecular formula is C34H49ClFN3OS. The number of hydrogen-bond donors (Lipinski definition) is 0. The van der Waals surface area contributed by atoms with Crippen LogP contribution in [0.5, 0.6) is 0 Å². The number of carbonyl (C=O) groups excluding carboxylic acids is 1. The molecule has 1 saturated heterocycles. The zero-order chi connectivity index (χ0) is 30.8. The maximum absolute atomic E-state index is 13.2. The molecule has 0 spiro atoms. The molecule has 3 rings (SSSR count). The van der Waals surface area contributed by atoms with Gasteiger partial charge in [-0.3, -0.25) is 14.8 Å². The first-order valence-electron chi connectivity index (χ1n) is 14.6. The van der Waals surface area contributed by atoms with Gasteiger partial charge in [-0.2, -0.15) is 0 Å². The van der Waals surface area contributed by atoms with Crippen molar-refractivity contribution in [3.63, 3.8) is 0 Å². The molecule has 1 aromatic rings. The van der Waals surface area contributed by atoms with Crippen molar-refractivity contribution in [2.75, 3.05) is 20.1 Å². The van der Waals surface area contributed by atoms with Crippen molar-refractivity contribution >= 4 is 40.7 Å². The van der Waals surface area contributed by atoms with Crippen LogP contribution in [0.1, 0.15) is 78.7 Å². The van der Waals surface area contributed by atoms with Gasteiger partial charge in [-0.15, -0.1) is 0 Å². The van der Waals surface area contributed by atoms with Gasteiger partial charge >= 0.3 is 0 Å². The van der Waals surface area contributed by atoms with Crippen molar-refractivity contribution in [3.05, 3.63) is 81.2 Å². The molecule has 0 amide bonds. The number of rotatable bonds is 11. The minimum atomic E-state index is -0.877. The molecule has 0 radical (unpaired) electrons. The summed E-state index contributed by atoms with van der Waals surface area (Å²) in [6.07, 6.45) is 9.81. The Bertz CT molecular complexity index is 1120. The summed E-state index contributed by atoms with van der Waals surface area (Å²) in [5.41, 5.74) is 4.28. The van der Waals surface area contributed by atoms with E-state index in [4.69, 9.17) is 16.6 Å². The quantitative estimate of drug-likeness (QED) is 0.237. The molecule has 41 heavy (non-hydrogen) atoms. The lowest BCUT2D eigenvalue weighted by Crippen LogP contribution is -2.33. The number of unbranched alkanes of at least 4 members (excludes halogenated alkanes) is 1. The lowest BCUT2D eigenvalue weighted by molar-refractivity contribution is -0.119. The maximum Gasteiger partial charge on any atom is 0.141 e. The van der Waals surface area contributed by atoms with Crippen molar-refractivity contribution in [1.29, 1.82) is 0 Å². The van der Waals surface area contributed by atoms with Gasteiger partial charge in [0.25, 0.3) is 0 Å². The zero-order valence-corrected chi connectivity index (χ0v) is 27.6. The average molecular weight is 602 g/mol. The number of benzene rings is 1. The molecule has 4 nitrogen and oxygen atoms in total. The number of amidine groups is 1. The van der Waals surface area contributed by atoms with E-state index in [9.17, 15) is 9.18 Å². The number of Topliss-reactive ketones (excluding diaryl/α,β-unsaturated/α-hetero) is 1. The molecule has 7 heteroatoms. The first-order chi connectivity index (χ1) is 19.6. The topological polar surface area (TPSA) is 45.0 Å². The second-order valence-corrected chi connectivity index (χ2v) is 11.6.